The Kier molecular flexibility index (Phi) is 4.59. The van der Waals surface area contributed by atoms with Crippen LogP contribution in [0.2, 0.25) is 0 Å². The number of halogens is 3. The van der Waals surface area contributed by atoms with Gasteiger partial charge in [0.25, 0.3) is 0 Å². The van der Waals surface area contributed by atoms with Gasteiger partial charge in [0, 0.05) is 0 Å². The second-order valence-corrected chi connectivity index (χ2v) is 4.09. The summed E-state index contributed by atoms with van der Waals surface area (Å²) in [7, 11) is 0. The lowest BCUT2D eigenvalue weighted by Gasteiger charge is -2.14. The maximum atomic E-state index is 12.2. The number of ether oxygens (including phenoxy) is 2. The van der Waals surface area contributed by atoms with E-state index in [-0.39, 0.29) is 5.56 Å². The fourth-order valence-electron chi connectivity index (χ4n) is 1.16. The first-order valence-corrected chi connectivity index (χ1v) is 5.45. The number of hydrogen-bond acceptors (Lipinski definition) is 4. The number of hydrogen-bond donors (Lipinski definition) is 1. The molecule has 0 aliphatic heterocycles. The van der Waals surface area contributed by atoms with Gasteiger partial charge in [-0.1, -0.05) is 13.8 Å². The lowest BCUT2D eigenvalue weighted by atomic mass is 10.2. The molecule has 0 aliphatic rings. The predicted octanol–water partition coefficient (Wildman–Crippen LogP) is 2.84. The number of rotatable bonds is 4. The molecule has 0 radical (unpaired) electrons. The molecule has 1 N–H and O–H groups in total. The topological polar surface area (TPSA) is 72.8 Å². The zero-order chi connectivity index (χ0) is 15.5. The molecule has 0 saturated carbocycles. The number of aromatic carboxylic acids is 1. The van der Waals surface area contributed by atoms with E-state index in [0.717, 1.165) is 18.2 Å². The van der Waals surface area contributed by atoms with Gasteiger partial charge < -0.3 is 14.6 Å². The average molecular weight is 292 g/mol. The van der Waals surface area contributed by atoms with Crippen LogP contribution in [0, 0.1) is 5.92 Å². The maximum Gasteiger partial charge on any atom is 0.573 e. The number of carboxylic acids is 1. The number of alkyl halides is 3. The van der Waals surface area contributed by atoms with Gasteiger partial charge >= 0.3 is 18.3 Å². The van der Waals surface area contributed by atoms with Crippen molar-refractivity contribution < 1.29 is 37.3 Å². The van der Waals surface area contributed by atoms with Crippen molar-refractivity contribution in [1.82, 2.24) is 0 Å². The monoisotopic (exact) mass is 292 g/mol. The van der Waals surface area contributed by atoms with Crippen LogP contribution in [-0.2, 0) is 4.79 Å². The predicted molar refractivity (Wildman–Crippen MR) is 60.6 cm³/mol. The molecule has 0 atom stereocenters. The van der Waals surface area contributed by atoms with E-state index in [1.807, 2.05) is 0 Å². The van der Waals surface area contributed by atoms with Crippen molar-refractivity contribution in [2.24, 2.45) is 5.92 Å². The molecule has 0 aromatic heterocycles. The van der Waals surface area contributed by atoms with Gasteiger partial charge in [0.2, 0.25) is 0 Å². The van der Waals surface area contributed by atoms with Crippen molar-refractivity contribution in [2.75, 3.05) is 0 Å². The summed E-state index contributed by atoms with van der Waals surface area (Å²) < 4.78 is 45.0. The molecule has 110 valence electrons. The number of carbonyl (C=O) groups excluding carboxylic acids is 1. The SMILES string of the molecule is CC(C)C(=O)Oc1cc(C(=O)O)ccc1OC(F)(F)F. The van der Waals surface area contributed by atoms with Crippen LogP contribution in [0.15, 0.2) is 18.2 Å². The first-order valence-electron chi connectivity index (χ1n) is 5.45. The normalized spacial score (nSPS) is 11.3. The van der Waals surface area contributed by atoms with Crippen molar-refractivity contribution in [3.63, 3.8) is 0 Å². The number of carboxylic acid groups (broad SMARTS) is 1. The third-order valence-corrected chi connectivity index (χ3v) is 2.10. The van der Waals surface area contributed by atoms with Crippen molar-refractivity contribution in [2.45, 2.75) is 20.2 Å². The second kappa shape index (κ2) is 5.81. The number of esters is 1. The molecule has 1 aromatic carbocycles. The van der Waals surface area contributed by atoms with Gasteiger partial charge in [-0.2, -0.15) is 0 Å². The van der Waals surface area contributed by atoms with Crippen molar-refractivity contribution in [3.05, 3.63) is 23.8 Å². The van der Waals surface area contributed by atoms with E-state index >= 15 is 0 Å². The molecule has 0 aliphatic carbocycles. The summed E-state index contributed by atoms with van der Waals surface area (Å²) in [4.78, 5) is 22.2. The van der Waals surface area contributed by atoms with Crippen LogP contribution < -0.4 is 9.47 Å². The Morgan fingerprint density at radius 3 is 2.25 bits per heavy atom. The van der Waals surface area contributed by atoms with Crippen LogP contribution >= 0.6 is 0 Å². The van der Waals surface area contributed by atoms with Gasteiger partial charge in [-0.05, 0) is 18.2 Å². The van der Waals surface area contributed by atoms with Crippen molar-refractivity contribution >= 4 is 11.9 Å². The summed E-state index contributed by atoms with van der Waals surface area (Å²) in [5.41, 5.74) is -0.328. The van der Waals surface area contributed by atoms with Gasteiger partial charge in [-0.25, -0.2) is 4.79 Å². The first-order chi connectivity index (χ1) is 9.10. The molecule has 1 aromatic rings. The fourth-order valence-corrected chi connectivity index (χ4v) is 1.16. The molecule has 0 amide bonds. The van der Waals surface area contributed by atoms with Gasteiger partial charge in [-0.3, -0.25) is 4.79 Å². The molecule has 0 spiro atoms. The summed E-state index contributed by atoms with van der Waals surface area (Å²) in [5.74, 6) is -4.15. The summed E-state index contributed by atoms with van der Waals surface area (Å²) in [6, 6.07) is 2.49. The zero-order valence-corrected chi connectivity index (χ0v) is 10.5. The Hall–Kier alpha value is -2.25. The van der Waals surface area contributed by atoms with Crippen LogP contribution in [-0.4, -0.2) is 23.4 Å². The van der Waals surface area contributed by atoms with E-state index in [9.17, 15) is 22.8 Å². The largest absolute Gasteiger partial charge is 0.573 e. The minimum absolute atomic E-state index is 0.328. The van der Waals surface area contributed by atoms with Crippen LogP contribution in [0.3, 0.4) is 0 Å². The molecule has 5 nitrogen and oxygen atoms in total. The Morgan fingerprint density at radius 2 is 1.80 bits per heavy atom. The molecule has 0 unspecified atom stereocenters. The van der Waals surface area contributed by atoms with E-state index in [2.05, 4.69) is 4.74 Å². The van der Waals surface area contributed by atoms with Crippen molar-refractivity contribution in [3.8, 4) is 11.5 Å². The molecule has 0 saturated heterocycles. The Balaban J connectivity index is 3.16. The summed E-state index contributed by atoms with van der Waals surface area (Å²) in [6.45, 7) is 2.96. The summed E-state index contributed by atoms with van der Waals surface area (Å²) >= 11 is 0. The standard InChI is InChI=1S/C12H11F3O5/c1-6(2)11(18)19-9-5-7(10(16)17)3-4-8(9)20-12(13,14)15/h3-6H,1-2H3,(H,16,17). The van der Waals surface area contributed by atoms with E-state index < -0.39 is 35.7 Å². The first kappa shape index (κ1) is 15.8. The third-order valence-electron chi connectivity index (χ3n) is 2.10. The van der Waals surface area contributed by atoms with Gasteiger partial charge in [0.05, 0.1) is 11.5 Å². The summed E-state index contributed by atoms with van der Waals surface area (Å²) in [5, 5.41) is 8.77. The Morgan fingerprint density at radius 1 is 1.20 bits per heavy atom. The van der Waals surface area contributed by atoms with E-state index in [1.54, 1.807) is 0 Å². The van der Waals surface area contributed by atoms with Crippen molar-refractivity contribution in [1.29, 1.82) is 0 Å². The fraction of sp³-hybridized carbons (Fsp3) is 0.333. The van der Waals surface area contributed by atoms with Crippen LogP contribution in [0.1, 0.15) is 24.2 Å². The summed E-state index contributed by atoms with van der Waals surface area (Å²) in [6.07, 6.45) is -4.98. The van der Waals surface area contributed by atoms with Gasteiger partial charge in [-0.15, -0.1) is 13.2 Å². The highest BCUT2D eigenvalue weighted by Gasteiger charge is 2.33. The van der Waals surface area contributed by atoms with Crippen LogP contribution in [0.4, 0.5) is 13.2 Å². The lowest BCUT2D eigenvalue weighted by Crippen LogP contribution is -2.20. The van der Waals surface area contributed by atoms with Crippen LogP contribution in [0.25, 0.3) is 0 Å². The van der Waals surface area contributed by atoms with E-state index in [0.29, 0.717) is 0 Å². The average Bonchev–Trinajstić information content (AvgIpc) is 2.28. The molecule has 1 rings (SSSR count). The smallest absolute Gasteiger partial charge is 0.478 e. The number of benzene rings is 1. The second-order valence-electron chi connectivity index (χ2n) is 4.09. The highest BCUT2D eigenvalue weighted by Crippen LogP contribution is 2.33. The number of carbonyl (C=O) groups is 2. The Labute approximate surface area is 111 Å². The van der Waals surface area contributed by atoms with Gasteiger partial charge in [0.15, 0.2) is 11.5 Å². The third kappa shape index (κ3) is 4.45. The van der Waals surface area contributed by atoms with Gasteiger partial charge in [0.1, 0.15) is 0 Å². The molecule has 0 heterocycles. The molecule has 0 bridgehead atoms. The Bertz CT molecular complexity index is 522. The molecular formula is C12H11F3O5. The lowest BCUT2D eigenvalue weighted by molar-refractivity contribution is -0.275. The minimum Gasteiger partial charge on any atom is -0.478 e. The highest BCUT2D eigenvalue weighted by molar-refractivity contribution is 5.89. The maximum absolute atomic E-state index is 12.2. The highest BCUT2D eigenvalue weighted by atomic mass is 19.4. The quantitative estimate of drug-likeness (QED) is 0.682. The molecule has 20 heavy (non-hydrogen) atoms. The zero-order valence-electron chi connectivity index (χ0n) is 10.5. The minimum atomic E-state index is -4.98. The van der Waals surface area contributed by atoms with Crippen LogP contribution in [0.5, 0.6) is 11.5 Å². The molecule has 8 heteroatoms. The van der Waals surface area contributed by atoms with E-state index in [4.69, 9.17) is 9.84 Å². The molecular weight excluding hydrogens is 281 g/mol. The van der Waals surface area contributed by atoms with E-state index in [1.165, 1.54) is 13.8 Å². The molecule has 0 fully saturated rings.